The Hall–Kier alpha value is -1.15. The summed E-state index contributed by atoms with van der Waals surface area (Å²) in [6, 6.07) is 9.65. The summed E-state index contributed by atoms with van der Waals surface area (Å²) in [6.45, 7) is 11.8. The van der Waals surface area contributed by atoms with Crippen LogP contribution in [0.4, 0.5) is 0 Å². The third-order valence-corrected chi connectivity index (χ3v) is 4.32. The number of benzene rings is 1. The molecule has 0 saturated heterocycles. The average molecular weight is 290 g/mol. The van der Waals surface area contributed by atoms with Gasteiger partial charge in [0.2, 0.25) is 0 Å². The summed E-state index contributed by atoms with van der Waals surface area (Å²) in [6.07, 6.45) is 1.93. The molecule has 0 aromatic heterocycles. The first kappa shape index (κ1) is 17.9. The lowest BCUT2D eigenvalue weighted by molar-refractivity contribution is 0.0152. The quantitative estimate of drug-likeness (QED) is 0.599. The van der Waals surface area contributed by atoms with Gasteiger partial charge in [-0.05, 0) is 31.6 Å². The third-order valence-electron chi connectivity index (χ3n) is 4.32. The molecule has 0 aliphatic rings. The molecule has 1 aromatic carbocycles. The molecule has 0 N–H and O–H groups in total. The summed E-state index contributed by atoms with van der Waals surface area (Å²) in [5.41, 5.74) is 0.386. The Balaban J connectivity index is 3.10. The minimum atomic E-state index is -0.415. The molecule has 0 radical (unpaired) electrons. The van der Waals surface area contributed by atoms with E-state index in [2.05, 4.69) is 27.7 Å². The predicted molar refractivity (Wildman–Crippen MR) is 88.6 cm³/mol. The van der Waals surface area contributed by atoms with Gasteiger partial charge in [-0.25, -0.2) is 0 Å². The van der Waals surface area contributed by atoms with Crippen molar-refractivity contribution >= 4 is 5.78 Å². The van der Waals surface area contributed by atoms with Gasteiger partial charge in [0.05, 0.1) is 12.0 Å². The Morgan fingerprint density at radius 1 is 1.14 bits per heavy atom. The number of hydrogen-bond donors (Lipinski definition) is 0. The minimum Gasteiger partial charge on any atom is -0.381 e. The molecule has 2 nitrogen and oxygen atoms in total. The van der Waals surface area contributed by atoms with Crippen LogP contribution in [0, 0.1) is 17.3 Å². The van der Waals surface area contributed by atoms with Crippen molar-refractivity contribution in [1.82, 2.24) is 0 Å². The Morgan fingerprint density at radius 2 is 1.76 bits per heavy atom. The summed E-state index contributed by atoms with van der Waals surface area (Å²) in [7, 11) is 0. The largest absolute Gasteiger partial charge is 0.381 e. The topological polar surface area (TPSA) is 26.3 Å². The summed E-state index contributed by atoms with van der Waals surface area (Å²) in [4.78, 5) is 13.1. The fourth-order valence-corrected chi connectivity index (χ4v) is 2.68. The van der Waals surface area contributed by atoms with Gasteiger partial charge in [-0.1, -0.05) is 58.0 Å². The normalized spacial score (nSPS) is 14.4. The molecule has 21 heavy (non-hydrogen) atoms. The van der Waals surface area contributed by atoms with Crippen LogP contribution >= 0.6 is 0 Å². The molecule has 0 heterocycles. The zero-order chi connectivity index (χ0) is 15.9. The van der Waals surface area contributed by atoms with Crippen molar-refractivity contribution in [3.63, 3.8) is 0 Å². The molecule has 0 spiro atoms. The Morgan fingerprint density at radius 3 is 2.24 bits per heavy atom. The third kappa shape index (κ3) is 4.67. The van der Waals surface area contributed by atoms with Gasteiger partial charge in [-0.3, -0.25) is 4.79 Å². The monoisotopic (exact) mass is 290 g/mol. The molecule has 118 valence electrons. The van der Waals surface area contributed by atoms with Crippen LogP contribution in [0.1, 0.15) is 57.8 Å². The van der Waals surface area contributed by atoms with E-state index in [9.17, 15) is 4.79 Å². The Labute approximate surface area is 129 Å². The van der Waals surface area contributed by atoms with Crippen molar-refractivity contribution in [1.29, 1.82) is 0 Å². The fourth-order valence-electron chi connectivity index (χ4n) is 2.68. The molecular formula is C19H30O2. The van der Waals surface area contributed by atoms with Crippen molar-refractivity contribution < 1.29 is 9.53 Å². The van der Waals surface area contributed by atoms with E-state index >= 15 is 0 Å². The first-order chi connectivity index (χ1) is 9.94. The van der Waals surface area contributed by atoms with Gasteiger partial charge in [-0.2, -0.15) is 0 Å². The highest BCUT2D eigenvalue weighted by molar-refractivity contribution is 6.00. The molecule has 2 heteroatoms. The standard InChI is InChI=1S/C19H30O2/c1-6-21-14-19(16(4)5,13-12-15(2)3)18(20)17-10-8-7-9-11-17/h7-11,15-16H,6,12-14H2,1-5H3. The number of carbonyl (C=O) groups is 1. The molecule has 0 aliphatic heterocycles. The maximum absolute atomic E-state index is 13.1. The van der Waals surface area contributed by atoms with Crippen LogP contribution in [-0.4, -0.2) is 19.0 Å². The zero-order valence-electron chi connectivity index (χ0n) is 14.2. The smallest absolute Gasteiger partial charge is 0.171 e. The van der Waals surface area contributed by atoms with Gasteiger partial charge in [0.15, 0.2) is 5.78 Å². The van der Waals surface area contributed by atoms with Crippen LogP contribution in [0.25, 0.3) is 0 Å². The Kier molecular flexibility index (Phi) is 7.10. The van der Waals surface area contributed by atoms with Crippen LogP contribution in [-0.2, 0) is 4.74 Å². The maximum Gasteiger partial charge on any atom is 0.171 e. The van der Waals surface area contributed by atoms with Crippen molar-refractivity contribution in [3.8, 4) is 0 Å². The SMILES string of the molecule is CCOCC(CCC(C)C)(C(=O)c1ccccc1)C(C)C. The van der Waals surface area contributed by atoms with Crippen LogP contribution < -0.4 is 0 Å². The van der Waals surface area contributed by atoms with Crippen LogP contribution in [0.15, 0.2) is 30.3 Å². The predicted octanol–water partition coefficient (Wildman–Crippen LogP) is 4.98. The number of rotatable bonds is 9. The lowest BCUT2D eigenvalue weighted by atomic mass is 9.68. The highest BCUT2D eigenvalue weighted by atomic mass is 16.5. The van der Waals surface area contributed by atoms with E-state index in [4.69, 9.17) is 4.74 Å². The maximum atomic E-state index is 13.1. The van der Waals surface area contributed by atoms with Gasteiger partial charge in [0.25, 0.3) is 0 Å². The minimum absolute atomic E-state index is 0.229. The number of ether oxygens (including phenoxy) is 1. The molecule has 0 bridgehead atoms. The van der Waals surface area contributed by atoms with Crippen LogP contribution in [0.2, 0.25) is 0 Å². The second kappa shape index (κ2) is 8.33. The van der Waals surface area contributed by atoms with Crippen molar-refractivity contribution in [3.05, 3.63) is 35.9 Å². The van der Waals surface area contributed by atoms with Crippen molar-refractivity contribution in [2.75, 3.05) is 13.2 Å². The molecule has 0 aliphatic carbocycles. The van der Waals surface area contributed by atoms with E-state index in [1.807, 2.05) is 37.3 Å². The number of hydrogen-bond acceptors (Lipinski definition) is 2. The fraction of sp³-hybridized carbons (Fsp3) is 0.632. The number of ketones is 1. The van der Waals surface area contributed by atoms with Gasteiger partial charge in [0, 0.05) is 12.2 Å². The summed E-state index contributed by atoms with van der Waals surface area (Å²) >= 11 is 0. The molecule has 1 atom stereocenters. The Bertz CT molecular complexity index is 422. The van der Waals surface area contributed by atoms with E-state index in [1.165, 1.54) is 0 Å². The average Bonchev–Trinajstić information content (AvgIpc) is 2.47. The summed E-state index contributed by atoms with van der Waals surface area (Å²) < 4.78 is 5.71. The second-order valence-corrected chi connectivity index (χ2v) is 6.58. The molecule has 0 saturated carbocycles. The molecular weight excluding hydrogens is 260 g/mol. The summed E-state index contributed by atoms with van der Waals surface area (Å²) in [5, 5.41) is 0. The molecule has 1 aromatic rings. The van der Waals surface area contributed by atoms with Crippen LogP contribution in [0.3, 0.4) is 0 Å². The van der Waals surface area contributed by atoms with Crippen molar-refractivity contribution in [2.24, 2.45) is 17.3 Å². The number of carbonyl (C=O) groups excluding carboxylic acids is 1. The van der Waals surface area contributed by atoms with Gasteiger partial charge < -0.3 is 4.74 Å². The van der Waals surface area contributed by atoms with Gasteiger partial charge in [0.1, 0.15) is 0 Å². The second-order valence-electron chi connectivity index (χ2n) is 6.58. The first-order valence-corrected chi connectivity index (χ1v) is 8.11. The van der Waals surface area contributed by atoms with E-state index in [0.717, 1.165) is 18.4 Å². The summed E-state index contributed by atoms with van der Waals surface area (Å²) in [5.74, 6) is 1.08. The van der Waals surface area contributed by atoms with Gasteiger partial charge >= 0.3 is 0 Å². The lowest BCUT2D eigenvalue weighted by Crippen LogP contribution is -2.41. The molecule has 0 fully saturated rings. The highest BCUT2D eigenvalue weighted by Gasteiger charge is 2.41. The highest BCUT2D eigenvalue weighted by Crippen LogP contribution is 2.38. The van der Waals surface area contributed by atoms with Crippen LogP contribution in [0.5, 0.6) is 0 Å². The molecule has 0 amide bonds. The van der Waals surface area contributed by atoms with E-state index in [0.29, 0.717) is 19.1 Å². The van der Waals surface area contributed by atoms with Gasteiger partial charge in [-0.15, -0.1) is 0 Å². The lowest BCUT2D eigenvalue weighted by Gasteiger charge is -2.36. The molecule has 1 unspecified atom stereocenters. The van der Waals surface area contributed by atoms with Crippen molar-refractivity contribution in [2.45, 2.75) is 47.5 Å². The molecule has 1 rings (SSSR count). The first-order valence-electron chi connectivity index (χ1n) is 8.11. The number of Topliss-reactive ketones (excluding diaryl/α,β-unsaturated/α-hetero) is 1. The van der Waals surface area contributed by atoms with E-state index in [1.54, 1.807) is 0 Å². The van der Waals surface area contributed by atoms with E-state index in [-0.39, 0.29) is 11.7 Å². The zero-order valence-corrected chi connectivity index (χ0v) is 14.2. The van der Waals surface area contributed by atoms with E-state index < -0.39 is 5.41 Å².